The highest BCUT2D eigenvalue weighted by Gasteiger charge is 2.10. The van der Waals surface area contributed by atoms with Gasteiger partial charge in [0.2, 0.25) is 5.91 Å². The Morgan fingerprint density at radius 3 is 2.58 bits per heavy atom. The standard InChI is InChI=1S/C24H21N3O4/c1-29-19-7-5-17(6-8-19)22-16-26-24(31-22)10-9-23(28)27-18-3-2-4-21(15-18)30-20-11-13-25-14-12-20/h2-8,11-16H,9-10H2,1H3,(H,27,28). The predicted octanol–water partition coefficient (Wildman–Crippen LogP) is 5.11. The number of hydrogen-bond acceptors (Lipinski definition) is 6. The van der Waals surface area contributed by atoms with Gasteiger partial charge in [-0.05, 0) is 48.5 Å². The van der Waals surface area contributed by atoms with Gasteiger partial charge in [-0.25, -0.2) is 4.98 Å². The molecule has 31 heavy (non-hydrogen) atoms. The average molecular weight is 415 g/mol. The van der Waals surface area contributed by atoms with Crippen LogP contribution in [0.4, 0.5) is 5.69 Å². The molecule has 0 aliphatic heterocycles. The summed E-state index contributed by atoms with van der Waals surface area (Å²) in [5.41, 5.74) is 1.55. The van der Waals surface area contributed by atoms with Crippen molar-refractivity contribution in [3.05, 3.63) is 85.1 Å². The van der Waals surface area contributed by atoms with Crippen LogP contribution in [0.15, 0.2) is 83.7 Å². The molecule has 2 aromatic heterocycles. The van der Waals surface area contributed by atoms with E-state index in [1.807, 2.05) is 42.5 Å². The molecular formula is C24H21N3O4. The van der Waals surface area contributed by atoms with Gasteiger partial charge >= 0.3 is 0 Å². The summed E-state index contributed by atoms with van der Waals surface area (Å²) < 4.78 is 16.7. The van der Waals surface area contributed by atoms with E-state index in [1.165, 1.54) is 0 Å². The molecule has 7 heteroatoms. The number of methoxy groups -OCH3 is 1. The van der Waals surface area contributed by atoms with E-state index in [0.717, 1.165) is 11.3 Å². The summed E-state index contributed by atoms with van der Waals surface area (Å²) in [5, 5.41) is 2.87. The lowest BCUT2D eigenvalue weighted by atomic mass is 10.2. The number of anilines is 1. The van der Waals surface area contributed by atoms with Gasteiger partial charge in [-0.1, -0.05) is 6.07 Å². The molecule has 0 aliphatic rings. The van der Waals surface area contributed by atoms with E-state index >= 15 is 0 Å². The topological polar surface area (TPSA) is 86.5 Å². The minimum absolute atomic E-state index is 0.134. The Hall–Kier alpha value is -4.13. The molecule has 0 unspecified atom stereocenters. The molecule has 1 N–H and O–H groups in total. The molecule has 2 aromatic carbocycles. The molecule has 0 saturated carbocycles. The lowest BCUT2D eigenvalue weighted by molar-refractivity contribution is -0.116. The number of hydrogen-bond donors (Lipinski definition) is 1. The second-order valence-electron chi connectivity index (χ2n) is 6.71. The van der Waals surface area contributed by atoms with Crippen LogP contribution in [0.3, 0.4) is 0 Å². The smallest absolute Gasteiger partial charge is 0.224 e. The van der Waals surface area contributed by atoms with Gasteiger partial charge in [-0.15, -0.1) is 0 Å². The van der Waals surface area contributed by atoms with Gasteiger partial charge in [0.25, 0.3) is 0 Å². The molecule has 0 radical (unpaired) electrons. The lowest BCUT2D eigenvalue weighted by Gasteiger charge is -2.08. The van der Waals surface area contributed by atoms with Crippen LogP contribution in [0.25, 0.3) is 11.3 Å². The second-order valence-corrected chi connectivity index (χ2v) is 6.71. The van der Waals surface area contributed by atoms with Gasteiger partial charge in [0, 0.05) is 42.6 Å². The Labute approximate surface area is 179 Å². The number of amides is 1. The van der Waals surface area contributed by atoms with E-state index in [0.29, 0.717) is 35.3 Å². The third kappa shape index (κ3) is 5.48. The lowest BCUT2D eigenvalue weighted by Crippen LogP contribution is -2.12. The highest BCUT2D eigenvalue weighted by molar-refractivity contribution is 5.91. The first-order chi connectivity index (χ1) is 15.2. The molecule has 2 heterocycles. The summed E-state index contributed by atoms with van der Waals surface area (Å²) in [6.07, 6.45) is 5.62. The summed E-state index contributed by atoms with van der Waals surface area (Å²) in [5.74, 6) is 3.10. The number of benzene rings is 2. The number of carbonyl (C=O) groups is 1. The molecule has 0 fully saturated rings. The van der Waals surface area contributed by atoms with Crippen molar-refractivity contribution < 1.29 is 18.7 Å². The highest BCUT2D eigenvalue weighted by atomic mass is 16.5. The largest absolute Gasteiger partial charge is 0.497 e. The van der Waals surface area contributed by atoms with Crippen LogP contribution in [0, 0.1) is 0 Å². The Balaban J connectivity index is 1.31. The number of nitrogens with zero attached hydrogens (tertiary/aromatic N) is 2. The van der Waals surface area contributed by atoms with Crippen LogP contribution in [0.1, 0.15) is 12.3 Å². The minimum atomic E-state index is -0.134. The molecule has 0 saturated heterocycles. The second kappa shape index (κ2) is 9.58. The van der Waals surface area contributed by atoms with E-state index in [2.05, 4.69) is 15.3 Å². The molecule has 4 aromatic rings. The van der Waals surface area contributed by atoms with Crippen molar-refractivity contribution in [3.8, 4) is 28.6 Å². The molecule has 1 amide bonds. The summed E-state index contributed by atoms with van der Waals surface area (Å²) >= 11 is 0. The van der Waals surface area contributed by atoms with Gasteiger partial charge in [-0.3, -0.25) is 9.78 Å². The first-order valence-corrected chi connectivity index (χ1v) is 9.76. The van der Waals surface area contributed by atoms with Gasteiger partial charge < -0.3 is 19.2 Å². The van der Waals surface area contributed by atoms with E-state index in [9.17, 15) is 4.79 Å². The number of rotatable bonds is 8. The van der Waals surface area contributed by atoms with Crippen LogP contribution in [-0.2, 0) is 11.2 Å². The third-order valence-corrected chi connectivity index (χ3v) is 4.50. The number of ether oxygens (including phenoxy) is 2. The fourth-order valence-corrected chi connectivity index (χ4v) is 2.94. The van der Waals surface area contributed by atoms with Crippen molar-refractivity contribution >= 4 is 11.6 Å². The normalized spacial score (nSPS) is 10.5. The quantitative estimate of drug-likeness (QED) is 0.430. The third-order valence-electron chi connectivity index (χ3n) is 4.50. The fourth-order valence-electron chi connectivity index (χ4n) is 2.94. The first kappa shape index (κ1) is 20.2. The maximum Gasteiger partial charge on any atom is 0.224 e. The summed E-state index contributed by atoms with van der Waals surface area (Å²) in [4.78, 5) is 20.6. The van der Waals surface area contributed by atoms with Crippen molar-refractivity contribution in [3.63, 3.8) is 0 Å². The van der Waals surface area contributed by atoms with Crippen LogP contribution in [0.5, 0.6) is 17.2 Å². The van der Waals surface area contributed by atoms with Crippen LogP contribution in [-0.4, -0.2) is 23.0 Å². The zero-order chi connectivity index (χ0) is 21.5. The van der Waals surface area contributed by atoms with Crippen molar-refractivity contribution in [1.29, 1.82) is 0 Å². The maximum atomic E-state index is 12.4. The van der Waals surface area contributed by atoms with Crippen LogP contribution in [0.2, 0.25) is 0 Å². The summed E-state index contributed by atoms with van der Waals surface area (Å²) in [6, 6.07) is 18.3. The van der Waals surface area contributed by atoms with E-state index in [1.54, 1.807) is 43.9 Å². The van der Waals surface area contributed by atoms with Crippen molar-refractivity contribution in [2.24, 2.45) is 0 Å². The first-order valence-electron chi connectivity index (χ1n) is 9.76. The van der Waals surface area contributed by atoms with Gasteiger partial charge in [0.15, 0.2) is 11.7 Å². The zero-order valence-electron chi connectivity index (χ0n) is 16.9. The molecule has 156 valence electrons. The van der Waals surface area contributed by atoms with Crippen molar-refractivity contribution in [1.82, 2.24) is 9.97 Å². The number of carbonyl (C=O) groups excluding carboxylic acids is 1. The Morgan fingerprint density at radius 1 is 1.00 bits per heavy atom. The minimum Gasteiger partial charge on any atom is -0.497 e. The van der Waals surface area contributed by atoms with Crippen LogP contribution >= 0.6 is 0 Å². The molecule has 7 nitrogen and oxygen atoms in total. The highest BCUT2D eigenvalue weighted by Crippen LogP contribution is 2.25. The molecule has 0 atom stereocenters. The van der Waals surface area contributed by atoms with E-state index in [4.69, 9.17) is 13.9 Å². The molecule has 0 bridgehead atoms. The number of pyridine rings is 1. The molecule has 0 aliphatic carbocycles. The van der Waals surface area contributed by atoms with Crippen molar-refractivity contribution in [2.75, 3.05) is 12.4 Å². The Kier molecular flexibility index (Phi) is 6.23. The summed E-state index contributed by atoms with van der Waals surface area (Å²) in [6.45, 7) is 0. The number of aryl methyl sites for hydroxylation is 1. The predicted molar refractivity (Wildman–Crippen MR) is 116 cm³/mol. The number of nitrogens with one attached hydrogen (secondary N) is 1. The number of oxazole rings is 1. The molecule has 0 spiro atoms. The van der Waals surface area contributed by atoms with E-state index < -0.39 is 0 Å². The Bertz CT molecular complexity index is 1140. The SMILES string of the molecule is COc1ccc(-c2cnc(CCC(=O)Nc3cccc(Oc4ccncc4)c3)o2)cc1. The maximum absolute atomic E-state index is 12.4. The van der Waals surface area contributed by atoms with Gasteiger partial charge in [-0.2, -0.15) is 0 Å². The molecule has 4 rings (SSSR count). The summed E-state index contributed by atoms with van der Waals surface area (Å²) in [7, 11) is 1.62. The van der Waals surface area contributed by atoms with Gasteiger partial charge in [0.05, 0.1) is 13.3 Å². The van der Waals surface area contributed by atoms with Crippen molar-refractivity contribution in [2.45, 2.75) is 12.8 Å². The average Bonchev–Trinajstić information content (AvgIpc) is 3.28. The zero-order valence-corrected chi connectivity index (χ0v) is 16.9. The fraction of sp³-hybridized carbons (Fsp3) is 0.125. The monoisotopic (exact) mass is 415 g/mol. The van der Waals surface area contributed by atoms with E-state index in [-0.39, 0.29) is 12.3 Å². The molecular weight excluding hydrogens is 394 g/mol. The van der Waals surface area contributed by atoms with Crippen LogP contribution < -0.4 is 14.8 Å². The number of aromatic nitrogens is 2. The Morgan fingerprint density at radius 2 is 1.81 bits per heavy atom. The van der Waals surface area contributed by atoms with Gasteiger partial charge in [0.1, 0.15) is 17.2 Å².